The van der Waals surface area contributed by atoms with Crippen molar-refractivity contribution in [2.45, 2.75) is 25.0 Å². The second-order valence-electron chi connectivity index (χ2n) is 5.43. The van der Waals surface area contributed by atoms with E-state index < -0.39 is 0 Å². The maximum atomic E-state index is 12.9. The van der Waals surface area contributed by atoms with E-state index in [4.69, 9.17) is 9.47 Å². The Morgan fingerprint density at radius 2 is 1.81 bits per heavy atom. The summed E-state index contributed by atoms with van der Waals surface area (Å²) in [7, 11) is 0. The van der Waals surface area contributed by atoms with Crippen LogP contribution in [0.2, 0.25) is 0 Å². The zero-order valence-corrected chi connectivity index (χ0v) is 11.9. The van der Waals surface area contributed by atoms with Crippen LogP contribution in [0.4, 0.5) is 4.39 Å². The first-order chi connectivity index (χ1) is 10.3. The molecule has 1 saturated heterocycles. The minimum Gasteiger partial charge on any atom is -0.373 e. The van der Waals surface area contributed by atoms with E-state index in [0.29, 0.717) is 13.2 Å². The molecule has 0 saturated carbocycles. The van der Waals surface area contributed by atoms with Crippen LogP contribution in [0.3, 0.4) is 0 Å². The third-order valence-corrected chi connectivity index (χ3v) is 3.92. The topological polar surface area (TPSA) is 18.5 Å². The molecule has 2 aromatic rings. The lowest BCUT2D eigenvalue weighted by Crippen LogP contribution is -2.30. The van der Waals surface area contributed by atoms with Crippen LogP contribution in [0, 0.1) is 5.82 Å². The Hall–Kier alpha value is -1.71. The Morgan fingerprint density at radius 3 is 2.48 bits per heavy atom. The fourth-order valence-corrected chi connectivity index (χ4v) is 2.78. The highest BCUT2D eigenvalue weighted by Gasteiger charge is 2.37. The maximum Gasteiger partial charge on any atom is 0.123 e. The largest absolute Gasteiger partial charge is 0.373 e. The highest BCUT2D eigenvalue weighted by molar-refractivity contribution is 5.24. The van der Waals surface area contributed by atoms with Crippen molar-refractivity contribution >= 4 is 0 Å². The monoisotopic (exact) mass is 286 g/mol. The van der Waals surface area contributed by atoms with E-state index in [-0.39, 0.29) is 11.4 Å². The highest BCUT2D eigenvalue weighted by atomic mass is 19.1. The lowest BCUT2D eigenvalue weighted by Gasteiger charge is -2.28. The molecule has 3 rings (SSSR count). The van der Waals surface area contributed by atoms with Crippen LogP contribution < -0.4 is 0 Å². The van der Waals surface area contributed by atoms with Gasteiger partial charge in [-0.25, -0.2) is 4.39 Å². The molecule has 0 bridgehead atoms. The Labute approximate surface area is 124 Å². The Morgan fingerprint density at radius 1 is 1.05 bits per heavy atom. The fraction of sp³-hybridized carbons (Fsp3) is 0.333. The lowest BCUT2D eigenvalue weighted by molar-refractivity contribution is -0.0727. The number of hydrogen-bond acceptors (Lipinski definition) is 2. The van der Waals surface area contributed by atoms with E-state index in [1.807, 2.05) is 18.2 Å². The van der Waals surface area contributed by atoms with Crippen molar-refractivity contribution < 1.29 is 13.9 Å². The number of rotatable bonds is 5. The van der Waals surface area contributed by atoms with Crippen LogP contribution in [-0.4, -0.2) is 13.2 Å². The molecule has 1 heterocycles. The summed E-state index contributed by atoms with van der Waals surface area (Å²) in [5, 5.41) is 0. The predicted octanol–water partition coefficient (Wildman–Crippen LogP) is 4.05. The molecule has 2 aromatic carbocycles. The van der Waals surface area contributed by atoms with Crippen LogP contribution in [0.25, 0.3) is 0 Å². The Bertz CT molecular complexity index is 560. The molecule has 3 heteroatoms. The summed E-state index contributed by atoms with van der Waals surface area (Å²) >= 11 is 0. The minimum atomic E-state index is -0.332. The summed E-state index contributed by atoms with van der Waals surface area (Å²) in [5.41, 5.74) is 1.81. The van der Waals surface area contributed by atoms with Gasteiger partial charge in [-0.15, -0.1) is 0 Å². The van der Waals surface area contributed by atoms with Gasteiger partial charge in [-0.05, 0) is 36.1 Å². The summed E-state index contributed by atoms with van der Waals surface area (Å²) in [4.78, 5) is 0. The van der Waals surface area contributed by atoms with Crippen molar-refractivity contribution in [3.8, 4) is 0 Å². The molecule has 2 nitrogen and oxygen atoms in total. The van der Waals surface area contributed by atoms with E-state index >= 15 is 0 Å². The number of halogens is 1. The normalized spacial score (nSPS) is 21.6. The fourth-order valence-electron chi connectivity index (χ4n) is 2.78. The van der Waals surface area contributed by atoms with Crippen molar-refractivity contribution in [1.29, 1.82) is 0 Å². The standard InChI is InChI=1S/C18H19FO2/c19-17-9-7-15(8-10-17)13-20-14-18(11-4-12-21-18)16-5-2-1-3-6-16/h1-3,5-10H,4,11-14H2. The molecule has 0 aromatic heterocycles. The van der Waals surface area contributed by atoms with Crippen molar-refractivity contribution in [1.82, 2.24) is 0 Å². The van der Waals surface area contributed by atoms with Crippen molar-refractivity contribution in [3.05, 3.63) is 71.5 Å². The van der Waals surface area contributed by atoms with Crippen molar-refractivity contribution in [2.24, 2.45) is 0 Å². The smallest absolute Gasteiger partial charge is 0.123 e. The minimum absolute atomic E-state index is 0.223. The molecule has 1 aliphatic heterocycles. The molecular formula is C18H19FO2. The molecule has 0 N–H and O–H groups in total. The molecule has 21 heavy (non-hydrogen) atoms. The summed E-state index contributed by atoms with van der Waals surface area (Å²) < 4.78 is 24.7. The van der Waals surface area contributed by atoms with Gasteiger partial charge >= 0.3 is 0 Å². The molecule has 1 atom stereocenters. The SMILES string of the molecule is Fc1ccc(COCC2(c3ccccc3)CCCO2)cc1. The van der Waals surface area contributed by atoms with E-state index in [1.54, 1.807) is 12.1 Å². The van der Waals surface area contributed by atoms with Gasteiger partial charge in [0.25, 0.3) is 0 Å². The molecule has 0 spiro atoms. The predicted molar refractivity (Wildman–Crippen MR) is 79.4 cm³/mol. The quantitative estimate of drug-likeness (QED) is 0.825. The first kappa shape index (κ1) is 14.2. The van der Waals surface area contributed by atoms with Crippen molar-refractivity contribution in [3.63, 3.8) is 0 Å². The third kappa shape index (κ3) is 3.31. The molecule has 110 valence electrons. The highest BCUT2D eigenvalue weighted by Crippen LogP contribution is 2.36. The number of benzene rings is 2. The van der Waals surface area contributed by atoms with Gasteiger partial charge in [-0.3, -0.25) is 0 Å². The second kappa shape index (κ2) is 6.37. The summed E-state index contributed by atoms with van der Waals surface area (Å²) in [6, 6.07) is 16.7. The molecule has 0 aliphatic carbocycles. The first-order valence-corrected chi connectivity index (χ1v) is 7.30. The van der Waals surface area contributed by atoms with Gasteiger partial charge in [-0.2, -0.15) is 0 Å². The lowest BCUT2D eigenvalue weighted by atomic mass is 9.92. The van der Waals surface area contributed by atoms with Gasteiger partial charge in [-0.1, -0.05) is 42.5 Å². The first-order valence-electron chi connectivity index (χ1n) is 7.30. The van der Waals surface area contributed by atoms with Gasteiger partial charge < -0.3 is 9.47 Å². The molecule has 1 aliphatic rings. The van der Waals surface area contributed by atoms with E-state index in [9.17, 15) is 4.39 Å². The number of hydrogen-bond donors (Lipinski definition) is 0. The van der Waals surface area contributed by atoms with E-state index in [0.717, 1.165) is 25.0 Å². The second-order valence-corrected chi connectivity index (χ2v) is 5.43. The number of ether oxygens (including phenoxy) is 2. The molecule has 0 radical (unpaired) electrons. The Kier molecular flexibility index (Phi) is 4.32. The van der Waals surface area contributed by atoms with Crippen LogP contribution in [0.5, 0.6) is 0 Å². The molecule has 0 amide bonds. The van der Waals surface area contributed by atoms with Crippen LogP contribution in [0.15, 0.2) is 54.6 Å². The average molecular weight is 286 g/mol. The van der Waals surface area contributed by atoms with Gasteiger partial charge in [0.05, 0.1) is 13.2 Å². The van der Waals surface area contributed by atoms with Gasteiger partial charge in [0, 0.05) is 6.61 Å². The molecule has 1 fully saturated rings. The van der Waals surface area contributed by atoms with Gasteiger partial charge in [0.2, 0.25) is 0 Å². The summed E-state index contributed by atoms with van der Waals surface area (Å²) in [5.74, 6) is -0.223. The average Bonchev–Trinajstić information content (AvgIpc) is 3.00. The zero-order valence-electron chi connectivity index (χ0n) is 11.9. The molecule has 1 unspecified atom stereocenters. The van der Waals surface area contributed by atoms with Crippen LogP contribution >= 0.6 is 0 Å². The van der Waals surface area contributed by atoms with Crippen LogP contribution in [-0.2, 0) is 21.7 Å². The van der Waals surface area contributed by atoms with Crippen molar-refractivity contribution in [2.75, 3.05) is 13.2 Å². The zero-order chi connectivity index (χ0) is 14.5. The summed E-state index contributed by atoms with van der Waals surface area (Å²) in [6.45, 7) is 1.77. The van der Waals surface area contributed by atoms with Gasteiger partial charge in [0.15, 0.2) is 0 Å². The van der Waals surface area contributed by atoms with E-state index in [1.165, 1.54) is 17.7 Å². The summed E-state index contributed by atoms with van der Waals surface area (Å²) in [6.07, 6.45) is 2.02. The maximum absolute atomic E-state index is 12.9. The van der Waals surface area contributed by atoms with Crippen LogP contribution in [0.1, 0.15) is 24.0 Å². The third-order valence-electron chi connectivity index (χ3n) is 3.92. The molecular weight excluding hydrogens is 267 g/mol. The Balaban J connectivity index is 1.65. The van der Waals surface area contributed by atoms with E-state index in [2.05, 4.69) is 12.1 Å². The van der Waals surface area contributed by atoms with Gasteiger partial charge in [0.1, 0.15) is 11.4 Å².